The molecule has 0 fully saturated rings. The van der Waals surface area contributed by atoms with Gasteiger partial charge in [0.1, 0.15) is 16.0 Å². The molecule has 0 saturated carbocycles. The average Bonchev–Trinajstić information content (AvgIpc) is 2.46. The van der Waals surface area contributed by atoms with E-state index in [0.29, 0.717) is 34.6 Å². The highest BCUT2D eigenvalue weighted by molar-refractivity contribution is 9.10. The molecule has 1 aromatic rings. The van der Waals surface area contributed by atoms with Crippen LogP contribution in [-0.4, -0.2) is 45.2 Å². The highest BCUT2D eigenvalue weighted by Gasteiger charge is 2.23. The van der Waals surface area contributed by atoms with Crippen molar-refractivity contribution >= 4 is 34.2 Å². The third-order valence-corrected chi connectivity index (χ3v) is 4.04. The first kappa shape index (κ1) is 21.0. The number of rotatable bonds is 6. The topological polar surface area (TPSA) is 64.8 Å². The first-order valence-electron chi connectivity index (χ1n) is 6.62. The summed E-state index contributed by atoms with van der Waals surface area (Å²) in [6.07, 6.45) is 0. The van der Waals surface area contributed by atoms with Gasteiger partial charge in [0.2, 0.25) is 0 Å². The monoisotopic (exact) mass is 394 g/mol. The van der Waals surface area contributed by atoms with Gasteiger partial charge in [-0.15, -0.1) is 12.4 Å². The van der Waals surface area contributed by atoms with Crippen molar-refractivity contribution in [1.29, 1.82) is 0 Å². The number of methoxy groups -OCH3 is 2. The van der Waals surface area contributed by atoms with Gasteiger partial charge in [0, 0.05) is 19.2 Å². The Bertz CT molecular complexity index is 499. The molecule has 0 bridgehead atoms. The van der Waals surface area contributed by atoms with Gasteiger partial charge in [0.05, 0.1) is 14.2 Å². The van der Waals surface area contributed by atoms with Crippen LogP contribution < -0.4 is 15.2 Å². The molecular formula is C15H24BrClN2O3. The van der Waals surface area contributed by atoms with Gasteiger partial charge in [0.25, 0.3) is 5.91 Å². The molecule has 5 nitrogen and oxygen atoms in total. The van der Waals surface area contributed by atoms with Crippen molar-refractivity contribution in [3.8, 4) is 11.5 Å². The summed E-state index contributed by atoms with van der Waals surface area (Å²) in [5, 5.41) is 0. The van der Waals surface area contributed by atoms with E-state index >= 15 is 0 Å². The molecule has 0 aliphatic heterocycles. The molecule has 7 heteroatoms. The predicted octanol–water partition coefficient (Wildman–Crippen LogP) is 2.95. The summed E-state index contributed by atoms with van der Waals surface area (Å²) < 4.78 is 11.2. The second-order valence-corrected chi connectivity index (χ2v) is 6.52. The summed E-state index contributed by atoms with van der Waals surface area (Å²) in [6.45, 7) is 5.14. The molecular weight excluding hydrogens is 372 g/mol. The lowest BCUT2D eigenvalue weighted by atomic mass is 9.93. The largest absolute Gasteiger partial charge is 0.495 e. The fourth-order valence-electron chi connectivity index (χ4n) is 1.99. The second-order valence-electron chi connectivity index (χ2n) is 5.72. The highest BCUT2D eigenvalue weighted by Crippen LogP contribution is 2.36. The number of nitrogens with zero attached hydrogens (tertiary/aromatic N) is 1. The molecule has 0 aliphatic carbocycles. The van der Waals surface area contributed by atoms with Crippen molar-refractivity contribution in [2.24, 2.45) is 11.1 Å². The Kier molecular flexibility index (Phi) is 8.22. The van der Waals surface area contributed by atoms with Gasteiger partial charge in [-0.05, 0) is 40.0 Å². The summed E-state index contributed by atoms with van der Waals surface area (Å²) >= 11 is 3.39. The molecule has 0 radical (unpaired) electrons. The van der Waals surface area contributed by atoms with E-state index in [1.807, 2.05) is 13.8 Å². The number of benzene rings is 1. The number of carbonyl (C=O) groups is 1. The summed E-state index contributed by atoms with van der Waals surface area (Å²) in [4.78, 5) is 14.2. The maximum Gasteiger partial charge on any atom is 0.253 e. The zero-order chi connectivity index (χ0) is 16.2. The van der Waals surface area contributed by atoms with Crippen LogP contribution in [0.1, 0.15) is 24.2 Å². The van der Waals surface area contributed by atoms with Crippen LogP contribution in [0.5, 0.6) is 11.5 Å². The lowest BCUT2D eigenvalue weighted by Crippen LogP contribution is -2.39. The van der Waals surface area contributed by atoms with Crippen LogP contribution in [0.4, 0.5) is 0 Å². The molecule has 0 aromatic heterocycles. The van der Waals surface area contributed by atoms with Crippen LogP contribution in [0.3, 0.4) is 0 Å². The zero-order valence-corrected chi connectivity index (χ0v) is 16.0. The Morgan fingerprint density at radius 1 is 1.27 bits per heavy atom. The Hall–Kier alpha value is -0.980. The van der Waals surface area contributed by atoms with E-state index in [1.165, 1.54) is 0 Å². The lowest BCUT2D eigenvalue weighted by Gasteiger charge is -2.29. The molecule has 0 unspecified atom stereocenters. The van der Waals surface area contributed by atoms with Gasteiger partial charge in [-0.3, -0.25) is 4.79 Å². The van der Waals surface area contributed by atoms with Crippen LogP contribution in [-0.2, 0) is 0 Å². The fourth-order valence-corrected chi connectivity index (χ4v) is 2.54. The molecule has 126 valence electrons. The molecule has 2 N–H and O–H groups in total. The number of ether oxygens (including phenoxy) is 2. The molecule has 0 saturated heterocycles. The van der Waals surface area contributed by atoms with Crippen molar-refractivity contribution in [2.45, 2.75) is 13.8 Å². The number of halogens is 2. The van der Waals surface area contributed by atoms with Crippen LogP contribution in [0, 0.1) is 5.41 Å². The molecule has 22 heavy (non-hydrogen) atoms. The first-order chi connectivity index (χ1) is 9.75. The molecule has 0 atom stereocenters. The van der Waals surface area contributed by atoms with Crippen molar-refractivity contribution in [1.82, 2.24) is 4.90 Å². The molecule has 1 rings (SSSR count). The van der Waals surface area contributed by atoms with Gasteiger partial charge in [-0.1, -0.05) is 13.8 Å². The predicted molar refractivity (Wildman–Crippen MR) is 94.3 cm³/mol. The van der Waals surface area contributed by atoms with E-state index in [9.17, 15) is 4.79 Å². The SMILES string of the molecule is COc1cc(C(=O)N(C)CC(C)(C)CN)cc(OC)c1Br.Cl. The number of amides is 1. The number of hydrogen-bond acceptors (Lipinski definition) is 4. The van der Waals surface area contributed by atoms with Crippen LogP contribution in [0.25, 0.3) is 0 Å². The molecule has 0 spiro atoms. The normalized spacial score (nSPS) is 10.7. The van der Waals surface area contributed by atoms with Crippen molar-refractivity contribution in [2.75, 3.05) is 34.4 Å². The highest BCUT2D eigenvalue weighted by atomic mass is 79.9. The Morgan fingerprint density at radius 3 is 2.09 bits per heavy atom. The third-order valence-electron chi connectivity index (χ3n) is 3.26. The lowest BCUT2D eigenvalue weighted by molar-refractivity contribution is 0.0740. The second kappa shape index (κ2) is 8.60. The fraction of sp³-hybridized carbons (Fsp3) is 0.533. The first-order valence-corrected chi connectivity index (χ1v) is 7.42. The Balaban J connectivity index is 0.00000441. The van der Waals surface area contributed by atoms with Crippen molar-refractivity contribution < 1.29 is 14.3 Å². The molecule has 0 aliphatic rings. The van der Waals surface area contributed by atoms with Crippen LogP contribution >= 0.6 is 28.3 Å². The maximum atomic E-state index is 12.5. The van der Waals surface area contributed by atoms with E-state index in [1.54, 1.807) is 38.3 Å². The number of nitrogens with two attached hydrogens (primary N) is 1. The van der Waals surface area contributed by atoms with E-state index in [4.69, 9.17) is 15.2 Å². The molecule has 1 aromatic carbocycles. The van der Waals surface area contributed by atoms with E-state index < -0.39 is 0 Å². The minimum Gasteiger partial charge on any atom is -0.495 e. The van der Waals surface area contributed by atoms with Crippen LogP contribution in [0.2, 0.25) is 0 Å². The number of carbonyl (C=O) groups excluding carboxylic acids is 1. The number of hydrogen-bond donors (Lipinski definition) is 1. The van der Waals surface area contributed by atoms with E-state index in [2.05, 4.69) is 15.9 Å². The van der Waals surface area contributed by atoms with Gasteiger partial charge >= 0.3 is 0 Å². The van der Waals surface area contributed by atoms with E-state index in [-0.39, 0.29) is 23.7 Å². The van der Waals surface area contributed by atoms with Gasteiger partial charge in [-0.2, -0.15) is 0 Å². The van der Waals surface area contributed by atoms with Crippen LogP contribution in [0.15, 0.2) is 16.6 Å². The summed E-state index contributed by atoms with van der Waals surface area (Å²) in [7, 11) is 4.87. The van der Waals surface area contributed by atoms with Gasteiger partial charge in [0.15, 0.2) is 0 Å². The standard InChI is InChI=1S/C15H23BrN2O3.ClH/c1-15(2,8-17)9-18(3)14(19)10-6-11(20-4)13(16)12(7-10)21-5;/h6-7H,8-9,17H2,1-5H3;1H. The Labute approximate surface area is 146 Å². The average molecular weight is 396 g/mol. The van der Waals surface area contributed by atoms with Crippen molar-refractivity contribution in [3.05, 3.63) is 22.2 Å². The molecule has 1 amide bonds. The summed E-state index contributed by atoms with van der Waals surface area (Å²) in [5.41, 5.74) is 6.11. The summed E-state index contributed by atoms with van der Waals surface area (Å²) in [6, 6.07) is 3.39. The maximum absolute atomic E-state index is 12.5. The van der Waals surface area contributed by atoms with E-state index in [0.717, 1.165) is 0 Å². The minimum absolute atomic E-state index is 0. The van der Waals surface area contributed by atoms with Crippen molar-refractivity contribution in [3.63, 3.8) is 0 Å². The van der Waals surface area contributed by atoms with Gasteiger partial charge < -0.3 is 20.1 Å². The quantitative estimate of drug-likeness (QED) is 0.804. The molecule has 0 heterocycles. The zero-order valence-electron chi connectivity index (χ0n) is 13.6. The minimum atomic E-state index is -0.131. The van der Waals surface area contributed by atoms with Gasteiger partial charge in [-0.25, -0.2) is 0 Å². The summed E-state index contributed by atoms with van der Waals surface area (Å²) in [5.74, 6) is 1.02. The Morgan fingerprint density at radius 2 is 1.73 bits per heavy atom. The smallest absolute Gasteiger partial charge is 0.253 e. The third kappa shape index (κ3) is 5.04.